The maximum absolute atomic E-state index is 12.0. The number of esters is 1. The van der Waals surface area contributed by atoms with Crippen molar-refractivity contribution in [1.82, 2.24) is 10.6 Å². The Morgan fingerprint density at radius 2 is 1.80 bits per heavy atom. The van der Waals surface area contributed by atoms with Gasteiger partial charge in [-0.1, -0.05) is 6.07 Å². The smallest absolute Gasteiger partial charge is 0.471 e. The number of halogens is 3. The van der Waals surface area contributed by atoms with Gasteiger partial charge in [0, 0.05) is 18.7 Å². The van der Waals surface area contributed by atoms with Gasteiger partial charge >= 0.3 is 18.1 Å². The van der Waals surface area contributed by atoms with Gasteiger partial charge in [-0.15, -0.1) is 0 Å². The van der Waals surface area contributed by atoms with E-state index in [1.54, 1.807) is 12.2 Å². The molecule has 0 heterocycles. The summed E-state index contributed by atoms with van der Waals surface area (Å²) in [5.74, 6) is -2.94. The van der Waals surface area contributed by atoms with Crippen LogP contribution in [0.25, 0.3) is 0 Å². The van der Waals surface area contributed by atoms with E-state index in [1.165, 1.54) is 24.3 Å². The molecule has 1 aromatic rings. The van der Waals surface area contributed by atoms with Crippen molar-refractivity contribution in [3.63, 3.8) is 0 Å². The summed E-state index contributed by atoms with van der Waals surface area (Å²) in [6.07, 6.45) is -4.96. The van der Waals surface area contributed by atoms with E-state index in [4.69, 9.17) is 9.47 Å². The Morgan fingerprint density at radius 1 is 1.12 bits per heavy atom. The lowest BCUT2D eigenvalue weighted by atomic mass is 10.2. The molecular formula is C15H17F3N2O5. The predicted octanol–water partition coefficient (Wildman–Crippen LogP) is 1.04. The lowest BCUT2D eigenvalue weighted by Crippen LogP contribution is -2.41. The van der Waals surface area contributed by atoms with Crippen molar-refractivity contribution in [2.75, 3.05) is 26.3 Å². The molecule has 7 nitrogen and oxygen atoms in total. The van der Waals surface area contributed by atoms with Gasteiger partial charge in [-0.2, -0.15) is 13.2 Å². The fourth-order valence-corrected chi connectivity index (χ4v) is 1.63. The first-order valence-electron chi connectivity index (χ1n) is 7.25. The molecule has 10 heteroatoms. The third-order valence-corrected chi connectivity index (χ3v) is 2.71. The molecule has 0 aliphatic carbocycles. The van der Waals surface area contributed by atoms with Crippen molar-refractivity contribution < 1.29 is 37.0 Å². The number of benzene rings is 1. The maximum atomic E-state index is 12.0. The lowest BCUT2D eigenvalue weighted by molar-refractivity contribution is -0.173. The molecule has 2 amide bonds. The van der Waals surface area contributed by atoms with E-state index in [0.717, 1.165) is 0 Å². The van der Waals surface area contributed by atoms with Crippen LogP contribution in [0.4, 0.5) is 13.2 Å². The lowest BCUT2D eigenvalue weighted by Gasteiger charge is -2.10. The van der Waals surface area contributed by atoms with E-state index in [9.17, 15) is 27.6 Å². The minimum atomic E-state index is -4.96. The highest BCUT2D eigenvalue weighted by atomic mass is 19.4. The Labute approximate surface area is 141 Å². The van der Waals surface area contributed by atoms with Crippen LogP contribution >= 0.6 is 0 Å². The van der Waals surface area contributed by atoms with Gasteiger partial charge in [0.15, 0.2) is 6.61 Å². The van der Waals surface area contributed by atoms with E-state index in [1.807, 2.05) is 0 Å². The van der Waals surface area contributed by atoms with Crippen molar-refractivity contribution in [3.05, 3.63) is 29.8 Å². The zero-order valence-electron chi connectivity index (χ0n) is 13.3. The van der Waals surface area contributed by atoms with Crippen LogP contribution in [0.15, 0.2) is 24.3 Å². The van der Waals surface area contributed by atoms with Crippen LogP contribution in [0.2, 0.25) is 0 Å². The number of carbonyl (C=O) groups excluding carboxylic acids is 3. The largest absolute Gasteiger partial charge is 0.482 e. The number of rotatable bonds is 8. The van der Waals surface area contributed by atoms with Crippen molar-refractivity contribution in [3.8, 4) is 5.75 Å². The fourth-order valence-electron chi connectivity index (χ4n) is 1.63. The average Bonchev–Trinajstić information content (AvgIpc) is 2.56. The Hall–Kier alpha value is -2.78. The van der Waals surface area contributed by atoms with Gasteiger partial charge in [-0.05, 0) is 25.1 Å². The molecule has 0 aromatic heterocycles. The number of hydrogen-bond acceptors (Lipinski definition) is 5. The minimum absolute atomic E-state index is 0.184. The van der Waals surface area contributed by atoms with Gasteiger partial charge in [-0.25, -0.2) is 4.79 Å². The Morgan fingerprint density at radius 3 is 2.44 bits per heavy atom. The molecule has 1 aromatic carbocycles. The van der Waals surface area contributed by atoms with E-state index in [2.05, 4.69) is 5.32 Å². The monoisotopic (exact) mass is 362 g/mol. The normalized spacial score (nSPS) is 10.7. The number of nitrogens with one attached hydrogen (secondary N) is 2. The molecule has 2 N–H and O–H groups in total. The summed E-state index contributed by atoms with van der Waals surface area (Å²) in [6, 6.07) is 5.87. The summed E-state index contributed by atoms with van der Waals surface area (Å²) < 4.78 is 45.8. The Bertz CT molecular complexity index is 619. The average molecular weight is 362 g/mol. The SMILES string of the molecule is CCOC(=O)COc1cccc(C(=O)NCCNC(=O)C(F)(F)F)c1. The van der Waals surface area contributed by atoms with Gasteiger partial charge in [-0.3, -0.25) is 9.59 Å². The van der Waals surface area contributed by atoms with E-state index < -0.39 is 24.0 Å². The Kier molecular flexibility index (Phi) is 7.70. The fraction of sp³-hybridized carbons (Fsp3) is 0.400. The summed E-state index contributed by atoms with van der Waals surface area (Å²) in [5.41, 5.74) is 0.184. The van der Waals surface area contributed by atoms with Crippen LogP contribution < -0.4 is 15.4 Å². The van der Waals surface area contributed by atoms with Crippen molar-refractivity contribution in [2.24, 2.45) is 0 Å². The van der Waals surface area contributed by atoms with Gasteiger partial charge in [0.2, 0.25) is 0 Å². The molecule has 0 spiro atoms. The van der Waals surface area contributed by atoms with Gasteiger partial charge < -0.3 is 20.1 Å². The molecule has 25 heavy (non-hydrogen) atoms. The highest BCUT2D eigenvalue weighted by Gasteiger charge is 2.38. The van der Waals surface area contributed by atoms with Crippen LogP contribution in [0.1, 0.15) is 17.3 Å². The van der Waals surface area contributed by atoms with Crippen LogP contribution in [0.3, 0.4) is 0 Å². The van der Waals surface area contributed by atoms with Crippen molar-refractivity contribution in [1.29, 1.82) is 0 Å². The zero-order chi connectivity index (χ0) is 18.9. The molecule has 0 atom stereocenters. The number of amides is 2. The summed E-state index contributed by atoms with van der Waals surface area (Å²) in [5, 5.41) is 3.98. The van der Waals surface area contributed by atoms with Crippen LogP contribution in [-0.2, 0) is 14.3 Å². The molecule has 0 fully saturated rings. The molecular weight excluding hydrogens is 345 g/mol. The molecule has 0 aliphatic rings. The van der Waals surface area contributed by atoms with E-state index in [-0.39, 0.29) is 37.6 Å². The number of carbonyl (C=O) groups is 3. The standard InChI is InChI=1S/C15H17F3N2O5/c1-2-24-12(21)9-25-11-5-3-4-10(8-11)13(22)19-6-7-20-14(23)15(16,17)18/h3-5,8H,2,6-7,9H2,1H3,(H,19,22)(H,20,23). The summed E-state index contributed by atoms with van der Waals surface area (Å²) in [6.45, 7) is 0.996. The highest BCUT2D eigenvalue weighted by molar-refractivity contribution is 5.94. The van der Waals surface area contributed by atoms with Crippen LogP contribution in [-0.4, -0.2) is 50.3 Å². The molecule has 0 unspecified atom stereocenters. The van der Waals surface area contributed by atoms with E-state index >= 15 is 0 Å². The topological polar surface area (TPSA) is 93.7 Å². The molecule has 0 aliphatic heterocycles. The van der Waals surface area contributed by atoms with Crippen molar-refractivity contribution >= 4 is 17.8 Å². The zero-order valence-corrected chi connectivity index (χ0v) is 13.3. The maximum Gasteiger partial charge on any atom is 0.471 e. The summed E-state index contributed by atoms with van der Waals surface area (Å²) in [4.78, 5) is 33.7. The third-order valence-electron chi connectivity index (χ3n) is 2.71. The third kappa shape index (κ3) is 7.55. The summed E-state index contributed by atoms with van der Waals surface area (Å²) >= 11 is 0. The second-order valence-corrected chi connectivity index (χ2v) is 4.63. The second kappa shape index (κ2) is 9.50. The molecule has 1 rings (SSSR count). The number of ether oxygens (including phenoxy) is 2. The van der Waals surface area contributed by atoms with Crippen LogP contribution in [0, 0.1) is 0 Å². The first-order valence-corrected chi connectivity index (χ1v) is 7.25. The predicted molar refractivity (Wildman–Crippen MR) is 80.0 cm³/mol. The first-order chi connectivity index (χ1) is 11.7. The highest BCUT2D eigenvalue weighted by Crippen LogP contribution is 2.14. The first kappa shape index (κ1) is 20.3. The summed E-state index contributed by atoms with van der Waals surface area (Å²) in [7, 11) is 0. The molecule has 0 saturated heterocycles. The quantitative estimate of drug-likeness (QED) is 0.532. The molecule has 0 radical (unpaired) electrons. The number of alkyl halides is 3. The molecule has 0 bridgehead atoms. The van der Waals surface area contributed by atoms with Gasteiger partial charge in [0.1, 0.15) is 5.75 Å². The van der Waals surface area contributed by atoms with Gasteiger partial charge in [0.05, 0.1) is 6.61 Å². The van der Waals surface area contributed by atoms with Crippen LogP contribution in [0.5, 0.6) is 5.75 Å². The Balaban J connectivity index is 2.44. The minimum Gasteiger partial charge on any atom is -0.482 e. The molecule has 0 saturated carbocycles. The van der Waals surface area contributed by atoms with Gasteiger partial charge in [0.25, 0.3) is 5.91 Å². The molecule has 138 valence electrons. The van der Waals surface area contributed by atoms with E-state index in [0.29, 0.717) is 0 Å². The van der Waals surface area contributed by atoms with Crippen molar-refractivity contribution in [2.45, 2.75) is 13.1 Å². The second-order valence-electron chi connectivity index (χ2n) is 4.63. The number of hydrogen-bond donors (Lipinski definition) is 2.